The van der Waals surface area contributed by atoms with Crippen LogP contribution in [-0.2, 0) is 11.2 Å². The number of nitrogens with zero attached hydrogens (tertiary/aromatic N) is 2. The van der Waals surface area contributed by atoms with Crippen LogP contribution in [0.4, 0.5) is 11.4 Å². The number of fused-ring (bicyclic) bond motifs is 1. The molecule has 1 aromatic carbocycles. The Morgan fingerprint density at radius 1 is 1.29 bits per heavy atom. The Kier molecular flexibility index (Phi) is 5.25. The molecule has 3 aromatic rings. The van der Waals surface area contributed by atoms with Crippen molar-refractivity contribution in [2.75, 3.05) is 18.4 Å². The number of hydrogen-bond donors (Lipinski definition) is 1. The first kappa shape index (κ1) is 18.8. The van der Waals surface area contributed by atoms with Gasteiger partial charge >= 0.3 is 0 Å². The van der Waals surface area contributed by atoms with Gasteiger partial charge < -0.3 is 5.32 Å². The van der Waals surface area contributed by atoms with Crippen LogP contribution in [0.2, 0.25) is 0 Å². The number of rotatable bonds is 5. The van der Waals surface area contributed by atoms with Crippen LogP contribution in [0.15, 0.2) is 47.2 Å². The van der Waals surface area contributed by atoms with E-state index in [2.05, 4.69) is 33.1 Å². The first-order valence-corrected chi connectivity index (χ1v) is 10.7. The topological polar surface area (TPSA) is 75.5 Å². The summed E-state index contributed by atoms with van der Waals surface area (Å²) in [5.74, 6) is -0.168. The second-order valence-electron chi connectivity index (χ2n) is 6.74. The monoisotopic (exact) mass is 413 g/mol. The van der Waals surface area contributed by atoms with E-state index >= 15 is 0 Å². The third-order valence-electron chi connectivity index (χ3n) is 4.91. The maximum atomic E-state index is 12.7. The highest BCUT2D eigenvalue weighted by molar-refractivity contribution is 7.10. The summed E-state index contributed by atoms with van der Waals surface area (Å²) in [7, 11) is 0. The molecule has 0 radical (unpaired) electrons. The number of nitro benzene ring substituents is 1. The highest BCUT2D eigenvalue weighted by Gasteiger charge is 2.31. The highest BCUT2D eigenvalue weighted by atomic mass is 32.1. The molecule has 8 heteroatoms. The molecule has 28 heavy (non-hydrogen) atoms. The number of carbonyl (C=O) groups excluding carboxylic acids is 1. The maximum absolute atomic E-state index is 12.7. The van der Waals surface area contributed by atoms with E-state index in [1.165, 1.54) is 21.4 Å². The molecule has 0 fully saturated rings. The molecule has 1 amide bonds. The van der Waals surface area contributed by atoms with Gasteiger partial charge in [0.15, 0.2) is 0 Å². The molecule has 4 rings (SSSR count). The van der Waals surface area contributed by atoms with Crippen molar-refractivity contribution in [1.29, 1.82) is 0 Å². The standard InChI is InChI=1S/C20H19N3O3S2/c1-13-4-5-14(11-16(13)23(25)26)21-19(24)12-22-8-6-17-15(7-10-28-17)20(22)18-3-2-9-27-18/h2-5,7,9-11,20H,6,8,12H2,1H3,(H,21,24)/t20-/m0/s1. The molecule has 1 aliphatic heterocycles. The Morgan fingerprint density at radius 2 is 2.14 bits per heavy atom. The molecule has 0 unspecified atom stereocenters. The fourth-order valence-electron chi connectivity index (χ4n) is 3.59. The summed E-state index contributed by atoms with van der Waals surface area (Å²) in [6.45, 7) is 2.72. The van der Waals surface area contributed by atoms with Crippen molar-refractivity contribution in [3.8, 4) is 0 Å². The number of amides is 1. The predicted molar refractivity (Wildman–Crippen MR) is 112 cm³/mol. The number of anilines is 1. The van der Waals surface area contributed by atoms with E-state index in [9.17, 15) is 14.9 Å². The van der Waals surface area contributed by atoms with E-state index in [0.29, 0.717) is 11.3 Å². The summed E-state index contributed by atoms with van der Waals surface area (Å²) in [6.07, 6.45) is 0.929. The van der Waals surface area contributed by atoms with Crippen LogP contribution in [0.1, 0.15) is 26.9 Å². The Morgan fingerprint density at radius 3 is 2.89 bits per heavy atom. The van der Waals surface area contributed by atoms with E-state index in [0.717, 1.165) is 13.0 Å². The van der Waals surface area contributed by atoms with E-state index < -0.39 is 4.92 Å². The smallest absolute Gasteiger partial charge is 0.274 e. The van der Waals surface area contributed by atoms with Crippen LogP contribution in [0.3, 0.4) is 0 Å². The first-order valence-electron chi connectivity index (χ1n) is 8.91. The van der Waals surface area contributed by atoms with Gasteiger partial charge in [-0.05, 0) is 47.9 Å². The number of carbonyl (C=O) groups is 1. The zero-order valence-corrected chi connectivity index (χ0v) is 16.9. The van der Waals surface area contributed by atoms with Crippen molar-refractivity contribution < 1.29 is 9.72 Å². The van der Waals surface area contributed by atoms with Gasteiger partial charge in [-0.3, -0.25) is 19.8 Å². The fourth-order valence-corrected chi connectivity index (χ4v) is 5.37. The third-order valence-corrected chi connectivity index (χ3v) is 6.84. The lowest BCUT2D eigenvalue weighted by Crippen LogP contribution is -2.40. The van der Waals surface area contributed by atoms with Gasteiger partial charge in [0.2, 0.25) is 5.91 Å². The normalized spacial score (nSPS) is 16.5. The third kappa shape index (κ3) is 3.71. The summed E-state index contributed by atoms with van der Waals surface area (Å²) in [6, 6.07) is 11.1. The molecule has 0 spiro atoms. The molecule has 0 bridgehead atoms. The Hall–Kier alpha value is -2.55. The zero-order chi connectivity index (χ0) is 19.7. The van der Waals surface area contributed by atoms with Gasteiger partial charge in [0.05, 0.1) is 17.5 Å². The fraction of sp³-hybridized carbons (Fsp3) is 0.250. The molecule has 144 valence electrons. The summed E-state index contributed by atoms with van der Waals surface area (Å²) < 4.78 is 0. The zero-order valence-electron chi connectivity index (χ0n) is 15.3. The van der Waals surface area contributed by atoms with Crippen molar-refractivity contribution in [2.45, 2.75) is 19.4 Å². The second kappa shape index (κ2) is 7.83. The molecule has 0 saturated heterocycles. The van der Waals surface area contributed by atoms with Crippen molar-refractivity contribution in [2.24, 2.45) is 0 Å². The van der Waals surface area contributed by atoms with Crippen molar-refractivity contribution in [1.82, 2.24) is 4.90 Å². The molecule has 1 N–H and O–H groups in total. The molecule has 0 saturated carbocycles. The molecule has 3 heterocycles. The van der Waals surface area contributed by atoms with Gasteiger partial charge in [-0.2, -0.15) is 0 Å². The van der Waals surface area contributed by atoms with Gasteiger partial charge in [0, 0.05) is 33.6 Å². The molecule has 6 nitrogen and oxygen atoms in total. The minimum Gasteiger partial charge on any atom is -0.325 e. The van der Waals surface area contributed by atoms with Gasteiger partial charge in [0.25, 0.3) is 5.69 Å². The van der Waals surface area contributed by atoms with Gasteiger partial charge in [-0.15, -0.1) is 22.7 Å². The van der Waals surface area contributed by atoms with Crippen LogP contribution >= 0.6 is 22.7 Å². The average molecular weight is 414 g/mol. The van der Waals surface area contributed by atoms with E-state index in [-0.39, 0.29) is 24.2 Å². The number of nitrogens with one attached hydrogen (secondary N) is 1. The van der Waals surface area contributed by atoms with Crippen LogP contribution in [0, 0.1) is 17.0 Å². The van der Waals surface area contributed by atoms with E-state index in [1.807, 2.05) is 6.07 Å². The summed E-state index contributed by atoms with van der Waals surface area (Å²) in [5.41, 5.74) is 2.30. The van der Waals surface area contributed by atoms with Gasteiger partial charge in [-0.25, -0.2) is 0 Å². The van der Waals surface area contributed by atoms with Gasteiger partial charge in [0.1, 0.15) is 0 Å². The molecule has 1 atom stereocenters. The lowest BCUT2D eigenvalue weighted by atomic mass is 9.98. The van der Waals surface area contributed by atoms with E-state index in [4.69, 9.17) is 0 Å². The second-order valence-corrected chi connectivity index (χ2v) is 8.72. The quantitative estimate of drug-likeness (QED) is 0.489. The lowest BCUT2D eigenvalue weighted by molar-refractivity contribution is -0.385. The van der Waals surface area contributed by atoms with Crippen LogP contribution in [0.25, 0.3) is 0 Å². The Labute approximate surface area is 170 Å². The van der Waals surface area contributed by atoms with Gasteiger partial charge in [-0.1, -0.05) is 12.1 Å². The van der Waals surface area contributed by atoms with Crippen LogP contribution in [-0.4, -0.2) is 28.8 Å². The number of aryl methyl sites for hydroxylation is 1. The van der Waals surface area contributed by atoms with Crippen molar-refractivity contribution >= 4 is 40.0 Å². The summed E-state index contributed by atoms with van der Waals surface area (Å²) in [4.78, 5) is 28.2. The largest absolute Gasteiger partial charge is 0.325 e. The molecule has 1 aliphatic rings. The molecule has 2 aromatic heterocycles. The van der Waals surface area contributed by atoms with Crippen LogP contribution < -0.4 is 5.32 Å². The Bertz CT molecular complexity index is 1010. The summed E-state index contributed by atoms with van der Waals surface area (Å²) >= 11 is 3.46. The average Bonchev–Trinajstić information content (AvgIpc) is 3.34. The molecular formula is C20H19N3O3S2. The number of hydrogen-bond acceptors (Lipinski definition) is 6. The molecule has 0 aliphatic carbocycles. The number of thiophene rings is 2. The lowest BCUT2D eigenvalue weighted by Gasteiger charge is -2.34. The number of benzene rings is 1. The predicted octanol–water partition coefficient (Wildman–Crippen LogP) is 4.61. The SMILES string of the molecule is Cc1ccc(NC(=O)CN2CCc3sccc3[C@H]2c2cccs2)cc1[N+](=O)[O-]. The minimum atomic E-state index is -0.430. The maximum Gasteiger partial charge on any atom is 0.274 e. The molecular weight excluding hydrogens is 394 g/mol. The number of nitro groups is 1. The van der Waals surface area contributed by atoms with Crippen molar-refractivity contribution in [3.63, 3.8) is 0 Å². The Balaban J connectivity index is 1.53. The van der Waals surface area contributed by atoms with E-state index in [1.54, 1.807) is 41.7 Å². The van der Waals surface area contributed by atoms with Crippen LogP contribution in [0.5, 0.6) is 0 Å². The first-order chi connectivity index (χ1) is 13.5. The van der Waals surface area contributed by atoms with Crippen molar-refractivity contribution in [3.05, 3.63) is 78.2 Å². The highest BCUT2D eigenvalue weighted by Crippen LogP contribution is 2.39. The minimum absolute atomic E-state index is 0.00940. The summed E-state index contributed by atoms with van der Waals surface area (Å²) in [5, 5.41) is 18.1.